The van der Waals surface area contributed by atoms with Gasteiger partial charge in [-0.2, -0.15) is 0 Å². The first-order valence-corrected chi connectivity index (χ1v) is 9.60. The summed E-state index contributed by atoms with van der Waals surface area (Å²) in [5.41, 5.74) is 1.06. The fourth-order valence-electron chi connectivity index (χ4n) is 4.36. The van der Waals surface area contributed by atoms with Gasteiger partial charge in [0.1, 0.15) is 11.5 Å². The smallest absolute Gasteiger partial charge is 0.118 e. The third-order valence-corrected chi connectivity index (χ3v) is 5.61. The highest BCUT2D eigenvalue weighted by Gasteiger charge is 2.46. The Morgan fingerprint density at radius 2 is 2.27 bits per heavy atom. The van der Waals surface area contributed by atoms with Crippen LogP contribution in [0.3, 0.4) is 0 Å². The molecule has 0 aliphatic carbocycles. The van der Waals surface area contributed by atoms with Gasteiger partial charge in [-0.25, -0.2) is 0 Å². The average Bonchev–Trinajstić information content (AvgIpc) is 3.07. The van der Waals surface area contributed by atoms with Crippen molar-refractivity contribution in [1.29, 1.82) is 0 Å². The zero-order valence-corrected chi connectivity index (χ0v) is 15.5. The highest BCUT2D eigenvalue weighted by atomic mass is 16.5. The molecule has 4 heterocycles. The van der Waals surface area contributed by atoms with E-state index in [1.54, 1.807) is 0 Å². The molecule has 26 heavy (non-hydrogen) atoms. The lowest BCUT2D eigenvalue weighted by molar-refractivity contribution is -0.156. The Bertz CT molecular complexity index is 702. The van der Waals surface area contributed by atoms with Crippen LogP contribution < -0.4 is 0 Å². The third-order valence-electron chi connectivity index (χ3n) is 5.61. The maximum atomic E-state index is 6.14. The van der Waals surface area contributed by atoms with Crippen LogP contribution in [0.2, 0.25) is 0 Å². The Morgan fingerprint density at radius 1 is 1.31 bits per heavy atom. The van der Waals surface area contributed by atoms with Crippen molar-refractivity contribution in [2.45, 2.75) is 45.4 Å². The molecular weight excluding hydrogens is 328 g/mol. The van der Waals surface area contributed by atoms with Crippen molar-refractivity contribution < 1.29 is 13.9 Å². The molecule has 2 unspecified atom stereocenters. The second-order valence-electron chi connectivity index (χ2n) is 7.65. The molecule has 2 aromatic heterocycles. The van der Waals surface area contributed by atoms with Crippen LogP contribution in [-0.4, -0.2) is 42.3 Å². The van der Waals surface area contributed by atoms with Gasteiger partial charge >= 0.3 is 0 Å². The second-order valence-corrected chi connectivity index (χ2v) is 7.65. The third kappa shape index (κ3) is 4.00. The van der Waals surface area contributed by atoms with Crippen molar-refractivity contribution in [2.75, 3.05) is 26.3 Å². The van der Waals surface area contributed by atoms with E-state index in [4.69, 9.17) is 13.9 Å². The zero-order valence-electron chi connectivity index (χ0n) is 15.5. The molecule has 0 aromatic carbocycles. The Kier molecular flexibility index (Phi) is 5.38. The van der Waals surface area contributed by atoms with Gasteiger partial charge in [0.2, 0.25) is 0 Å². The van der Waals surface area contributed by atoms with Crippen LogP contribution >= 0.6 is 0 Å². The summed E-state index contributed by atoms with van der Waals surface area (Å²) in [6, 6.07) is 10.1. The molecule has 0 amide bonds. The number of rotatable bonds is 6. The summed E-state index contributed by atoms with van der Waals surface area (Å²) in [6.07, 6.45) is 5.45. The molecule has 2 saturated heterocycles. The molecule has 0 N–H and O–H groups in total. The Labute approximate surface area is 155 Å². The summed E-state index contributed by atoms with van der Waals surface area (Å²) in [5, 5.41) is 0. The predicted octanol–water partition coefficient (Wildman–Crippen LogP) is 3.57. The lowest BCUT2D eigenvalue weighted by Crippen LogP contribution is -2.56. The first kappa shape index (κ1) is 17.7. The van der Waals surface area contributed by atoms with E-state index in [1.165, 1.54) is 0 Å². The SMILES string of the molecule is Cc1ccc(CN2CCC3OCCCC3(COCc3ccccn3)C2)o1. The molecule has 0 radical (unpaired) electrons. The molecular formula is C21H28N2O3. The maximum Gasteiger partial charge on any atom is 0.118 e. The molecule has 5 nitrogen and oxygen atoms in total. The molecule has 2 fully saturated rings. The topological polar surface area (TPSA) is 47.7 Å². The van der Waals surface area contributed by atoms with E-state index in [0.29, 0.717) is 12.7 Å². The fraction of sp³-hybridized carbons (Fsp3) is 0.571. The average molecular weight is 356 g/mol. The number of fused-ring (bicyclic) bond motifs is 1. The van der Waals surface area contributed by atoms with E-state index in [2.05, 4.69) is 16.0 Å². The number of pyridine rings is 1. The summed E-state index contributed by atoms with van der Waals surface area (Å²) in [6.45, 7) is 7.07. The summed E-state index contributed by atoms with van der Waals surface area (Å²) in [7, 11) is 0. The number of aromatic nitrogens is 1. The van der Waals surface area contributed by atoms with Gasteiger partial charge in [0.15, 0.2) is 0 Å². The summed E-state index contributed by atoms with van der Waals surface area (Å²) in [5.74, 6) is 2.02. The molecule has 2 aliphatic rings. The van der Waals surface area contributed by atoms with E-state index < -0.39 is 0 Å². The summed E-state index contributed by atoms with van der Waals surface area (Å²) >= 11 is 0. The van der Waals surface area contributed by atoms with Crippen molar-refractivity contribution in [3.8, 4) is 0 Å². The first-order chi connectivity index (χ1) is 12.7. The number of hydrogen-bond acceptors (Lipinski definition) is 5. The van der Waals surface area contributed by atoms with Crippen LogP contribution in [0.5, 0.6) is 0 Å². The minimum atomic E-state index is 0.0763. The molecule has 2 aliphatic heterocycles. The second kappa shape index (κ2) is 7.91. The van der Waals surface area contributed by atoms with Crippen LogP contribution in [-0.2, 0) is 22.6 Å². The van der Waals surface area contributed by atoms with Gasteiger partial charge in [0.25, 0.3) is 0 Å². The first-order valence-electron chi connectivity index (χ1n) is 9.60. The van der Waals surface area contributed by atoms with Gasteiger partial charge in [-0.05, 0) is 50.5 Å². The highest BCUT2D eigenvalue weighted by molar-refractivity contribution is 5.07. The number of aryl methyl sites for hydroxylation is 1. The van der Waals surface area contributed by atoms with Crippen molar-refractivity contribution >= 4 is 0 Å². The van der Waals surface area contributed by atoms with Crippen LogP contribution in [0.25, 0.3) is 0 Å². The molecule has 0 bridgehead atoms. The summed E-state index contributed by atoms with van der Waals surface area (Å²) in [4.78, 5) is 6.85. The molecule has 140 valence electrons. The van der Waals surface area contributed by atoms with Gasteiger partial charge in [0.05, 0.1) is 31.6 Å². The van der Waals surface area contributed by atoms with Crippen molar-refractivity contribution in [3.63, 3.8) is 0 Å². The number of hydrogen-bond donors (Lipinski definition) is 0. The maximum absolute atomic E-state index is 6.14. The number of likely N-dealkylation sites (tertiary alicyclic amines) is 1. The van der Waals surface area contributed by atoms with Crippen LogP contribution in [0.15, 0.2) is 40.9 Å². The van der Waals surface area contributed by atoms with Crippen LogP contribution in [0.4, 0.5) is 0 Å². The molecule has 2 atom stereocenters. The Morgan fingerprint density at radius 3 is 3.08 bits per heavy atom. The van der Waals surface area contributed by atoms with Gasteiger partial charge < -0.3 is 13.9 Å². The predicted molar refractivity (Wildman–Crippen MR) is 98.6 cm³/mol. The molecule has 5 heteroatoms. The quantitative estimate of drug-likeness (QED) is 0.792. The van der Waals surface area contributed by atoms with Crippen LogP contribution in [0, 0.1) is 12.3 Å². The van der Waals surface area contributed by atoms with E-state index in [1.807, 2.05) is 37.4 Å². The van der Waals surface area contributed by atoms with Crippen LogP contribution in [0.1, 0.15) is 36.5 Å². The molecule has 4 rings (SSSR count). The van der Waals surface area contributed by atoms with Crippen molar-refractivity contribution in [3.05, 3.63) is 53.7 Å². The standard InChI is InChI=1S/C21H28N2O3/c1-17-6-7-19(26-17)13-23-11-8-20-21(15-23,9-4-12-25-20)16-24-14-18-5-2-3-10-22-18/h2-3,5-7,10,20H,4,8-9,11-16H2,1H3. The van der Waals surface area contributed by atoms with E-state index in [9.17, 15) is 0 Å². The van der Waals surface area contributed by atoms with E-state index >= 15 is 0 Å². The van der Waals surface area contributed by atoms with Gasteiger partial charge in [0, 0.05) is 31.3 Å². The van der Waals surface area contributed by atoms with Crippen molar-refractivity contribution in [1.82, 2.24) is 9.88 Å². The lowest BCUT2D eigenvalue weighted by atomic mass is 9.73. The van der Waals surface area contributed by atoms with Gasteiger partial charge in [-0.15, -0.1) is 0 Å². The molecule has 0 spiro atoms. The largest absolute Gasteiger partial charge is 0.465 e. The van der Waals surface area contributed by atoms with Gasteiger partial charge in [-0.3, -0.25) is 9.88 Å². The normalized spacial score (nSPS) is 26.6. The number of nitrogens with zero attached hydrogens (tertiary/aromatic N) is 2. The van der Waals surface area contributed by atoms with Crippen molar-refractivity contribution in [2.24, 2.45) is 5.41 Å². The number of ether oxygens (including phenoxy) is 2. The lowest BCUT2D eigenvalue weighted by Gasteiger charge is -2.50. The monoisotopic (exact) mass is 356 g/mol. The Balaban J connectivity index is 1.40. The number of furan rings is 1. The molecule has 0 saturated carbocycles. The zero-order chi connectivity index (χ0) is 17.8. The highest BCUT2D eigenvalue weighted by Crippen LogP contribution is 2.41. The minimum Gasteiger partial charge on any atom is -0.465 e. The fourth-order valence-corrected chi connectivity index (χ4v) is 4.36. The Hall–Kier alpha value is -1.69. The molecule has 2 aromatic rings. The van der Waals surface area contributed by atoms with E-state index in [-0.39, 0.29) is 5.41 Å². The number of piperidine rings is 1. The summed E-state index contributed by atoms with van der Waals surface area (Å²) < 4.78 is 18.1. The van der Waals surface area contributed by atoms with E-state index in [0.717, 1.165) is 69.3 Å². The van der Waals surface area contributed by atoms with Gasteiger partial charge in [-0.1, -0.05) is 6.07 Å². The minimum absolute atomic E-state index is 0.0763.